The second-order valence-corrected chi connectivity index (χ2v) is 4.44. The SMILES string of the molecule is C[C@H](Cc1ccc(F)cc1)NC(=O)[C@H](N)CC(=O)O. The van der Waals surface area contributed by atoms with Crippen molar-refractivity contribution in [2.24, 2.45) is 5.73 Å². The summed E-state index contributed by atoms with van der Waals surface area (Å²) in [4.78, 5) is 22.0. The highest BCUT2D eigenvalue weighted by molar-refractivity contribution is 5.86. The minimum atomic E-state index is -1.12. The molecular weight excluding hydrogens is 251 g/mol. The summed E-state index contributed by atoms with van der Waals surface area (Å²) < 4.78 is 12.7. The van der Waals surface area contributed by atoms with Crippen LogP contribution in [0, 0.1) is 5.82 Å². The molecule has 0 fully saturated rings. The summed E-state index contributed by atoms with van der Waals surface area (Å²) in [7, 11) is 0. The average molecular weight is 268 g/mol. The molecule has 1 rings (SSSR count). The first-order valence-corrected chi connectivity index (χ1v) is 5.90. The van der Waals surface area contributed by atoms with Crippen molar-refractivity contribution in [3.05, 3.63) is 35.6 Å². The zero-order valence-corrected chi connectivity index (χ0v) is 10.6. The molecule has 1 aromatic rings. The second-order valence-electron chi connectivity index (χ2n) is 4.44. The fourth-order valence-corrected chi connectivity index (χ4v) is 1.66. The summed E-state index contributed by atoms with van der Waals surface area (Å²) in [5.74, 6) is -1.94. The number of nitrogens with one attached hydrogen (secondary N) is 1. The highest BCUT2D eigenvalue weighted by Crippen LogP contribution is 2.06. The van der Waals surface area contributed by atoms with Crippen molar-refractivity contribution in [1.29, 1.82) is 0 Å². The third kappa shape index (κ3) is 5.48. The number of aliphatic carboxylic acids is 1. The van der Waals surface area contributed by atoms with Crippen molar-refractivity contribution in [1.82, 2.24) is 5.32 Å². The van der Waals surface area contributed by atoms with Crippen LogP contribution in [0.5, 0.6) is 0 Å². The number of rotatable bonds is 6. The van der Waals surface area contributed by atoms with Crippen LogP contribution in [0.4, 0.5) is 4.39 Å². The second kappa shape index (κ2) is 6.84. The van der Waals surface area contributed by atoms with Gasteiger partial charge >= 0.3 is 5.97 Å². The normalized spacial score (nSPS) is 13.6. The monoisotopic (exact) mass is 268 g/mol. The van der Waals surface area contributed by atoms with Gasteiger partial charge in [-0.25, -0.2) is 4.39 Å². The van der Waals surface area contributed by atoms with Crippen LogP contribution in [-0.2, 0) is 16.0 Å². The Labute approximate surface area is 110 Å². The van der Waals surface area contributed by atoms with Crippen molar-refractivity contribution in [3.8, 4) is 0 Å². The van der Waals surface area contributed by atoms with Gasteiger partial charge in [0.2, 0.25) is 5.91 Å². The van der Waals surface area contributed by atoms with E-state index in [2.05, 4.69) is 5.32 Å². The number of amides is 1. The lowest BCUT2D eigenvalue weighted by Crippen LogP contribution is -2.46. The molecule has 0 saturated heterocycles. The quantitative estimate of drug-likeness (QED) is 0.707. The number of benzene rings is 1. The largest absolute Gasteiger partial charge is 0.481 e. The van der Waals surface area contributed by atoms with Gasteiger partial charge in [-0.2, -0.15) is 0 Å². The Bertz CT molecular complexity index is 448. The number of hydrogen-bond acceptors (Lipinski definition) is 3. The van der Waals surface area contributed by atoms with Crippen LogP contribution >= 0.6 is 0 Å². The van der Waals surface area contributed by atoms with Crippen molar-refractivity contribution < 1.29 is 19.1 Å². The maximum Gasteiger partial charge on any atom is 0.305 e. The predicted molar refractivity (Wildman–Crippen MR) is 67.9 cm³/mol. The lowest BCUT2D eigenvalue weighted by molar-refractivity contribution is -0.139. The summed E-state index contributed by atoms with van der Waals surface area (Å²) in [6.07, 6.45) is 0.112. The predicted octanol–water partition coefficient (Wildman–Crippen LogP) is 0.675. The van der Waals surface area contributed by atoms with E-state index in [0.717, 1.165) is 5.56 Å². The Morgan fingerprint density at radius 3 is 2.47 bits per heavy atom. The zero-order chi connectivity index (χ0) is 14.4. The van der Waals surface area contributed by atoms with Gasteiger partial charge in [0.25, 0.3) is 0 Å². The van der Waals surface area contributed by atoms with Gasteiger partial charge in [0, 0.05) is 6.04 Å². The first-order valence-electron chi connectivity index (χ1n) is 5.90. The van der Waals surface area contributed by atoms with Gasteiger partial charge in [0.15, 0.2) is 0 Å². The molecule has 0 aliphatic heterocycles. The molecule has 1 aromatic carbocycles. The number of carbonyl (C=O) groups is 2. The van der Waals surface area contributed by atoms with Gasteiger partial charge in [-0.1, -0.05) is 12.1 Å². The van der Waals surface area contributed by atoms with Crippen molar-refractivity contribution in [2.75, 3.05) is 0 Å². The minimum Gasteiger partial charge on any atom is -0.481 e. The molecule has 2 atom stereocenters. The molecule has 19 heavy (non-hydrogen) atoms. The number of nitrogens with two attached hydrogens (primary N) is 1. The molecule has 0 aliphatic carbocycles. The number of carbonyl (C=O) groups excluding carboxylic acids is 1. The van der Waals surface area contributed by atoms with E-state index < -0.39 is 24.3 Å². The van der Waals surface area contributed by atoms with Gasteiger partial charge < -0.3 is 16.2 Å². The summed E-state index contributed by atoms with van der Waals surface area (Å²) in [5.41, 5.74) is 6.31. The summed E-state index contributed by atoms with van der Waals surface area (Å²) in [6, 6.07) is 4.69. The Balaban J connectivity index is 2.46. The molecule has 0 saturated carbocycles. The van der Waals surface area contributed by atoms with E-state index in [1.807, 2.05) is 0 Å². The molecule has 5 nitrogen and oxygen atoms in total. The Hall–Kier alpha value is -1.95. The maximum absolute atomic E-state index is 12.7. The van der Waals surface area contributed by atoms with E-state index >= 15 is 0 Å². The molecule has 0 radical (unpaired) electrons. The molecule has 0 unspecified atom stereocenters. The topological polar surface area (TPSA) is 92.4 Å². The molecule has 0 bridgehead atoms. The number of carboxylic acid groups (broad SMARTS) is 1. The van der Waals surface area contributed by atoms with Crippen LogP contribution < -0.4 is 11.1 Å². The molecule has 6 heteroatoms. The zero-order valence-electron chi connectivity index (χ0n) is 10.6. The highest BCUT2D eigenvalue weighted by atomic mass is 19.1. The fourth-order valence-electron chi connectivity index (χ4n) is 1.66. The van der Waals surface area contributed by atoms with E-state index in [9.17, 15) is 14.0 Å². The summed E-state index contributed by atoms with van der Waals surface area (Å²) in [5, 5.41) is 11.2. The van der Waals surface area contributed by atoms with Gasteiger partial charge in [-0.3, -0.25) is 9.59 Å². The summed E-state index contributed by atoms with van der Waals surface area (Å²) in [6.45, 7) is 1.77. The van der Waals surface area contributed by atoms with Gasteiger partial charge in [0.1, 0.15) is 5.82 Å². The van der Waals surface area contributed by atoms with Crippen molar-refractivity contribution in [3.63, 3.8) is 0 Å². The van der Waals surface area contributed by atoms with Crippen LogP contribution in [0.2, 0.25) is 0 Å². The highest BCUT2D eigenvalue weighted by Gasteiger charge is 2.18. The third-order valence-corrected chi connectivity index (χ3v) is 2.58. The first-order chi connectivity index (χ1) is 8.88. The molecular formula is C13H17FN2O3. The lowest BCUT2D eigenvalue weighted by Gasteiger charge is -2.16. The maximum atomic E-state index is 12.7. The smallest absolute Gasteiger partial charge is 0.305 e. The fraction of sp³-hybridized carbons (Fsp3) is 0.385. The molecule has 1 amide bonds. The van der Waals surface area contributed by atoms with Crippen LogP contribution in [-0.4, -0.2) is 29.1 Å². The minimum absolute atomic E-state index is 0.210. The number of carboxylic acids is 1. The molecule has 0 heterocycles. The average Bonchev–Trinajstić information content (AvgIpc) is 2.31. The van der Waals surface area contributed by atoms with Crippen LogP contribution in [0.15, 0.2) is 24.3 Å². The van der Waals surface area contributed by atoms with E-state index in [4.69, 9.17) is 10.8 Å². The molecule has 0 aliphatic rings. The Morgan fingerprint density at radius 2 is 1.95 bits per heavy atom. The van der Waals surface area contributed by atoms with Crippen molar-refractivity contribution >= 4 is 11.9 Å². The molecule has 0 aromatic heterocycles. The third-order valence-electron chi connectivity index (χ3n) is 2.58. The number of hydrogen-bond donors (Lipinski definition) is 3. The molecule has 4 N–H and O–H groups in total. The van der Waals surface area contributed by atoms with Gasteiger partial charge in [-0.15, -0.1) is 0 Å². The molecule has 0 spiro atoms. The van der Waals surface area contributed by atoms with E-state index in [1.54, 1.807) is 19.1 Å². The Morgan fingerprint density at radius 1 is 1.37 bits per heavy atom. The summed E-state index contributed by atoms with van der Waals surface area (Å²) >= 11 is 0. The van der Waals surface area contributed by atoms with Crippen molar-refractivity contribution in [2.45, 2.75) is 31.8 Å². The molecule has 104 valence electrons. The van der Waals surface area contributed by atoms with Crippen LogP contribution in [0.1, 0.15) is 18.9 Å². The van der Waals surface area contributed by atoms with E-state index in [1.165, 1.54) is 12.1 Å². The standard InChI is InChI=1S/C13H17FN2O3/c1-8(6-9-2-4-10(14)5-3-9)16-13(19)11(15)7-12(17)18/h2-5,8,11H,6-7,15H2,1H3,(H,16,19)(H,17,18)/t8-,11-/m1/s1. The van der Waals surface area contributed by atoms with Crippen LogP contribution in [0.25, 0.3) is 0 Å². The van der Waals surface area contributed by atoms with E-state index in [0.29, 0.717) is 6.42 Å². The lowest BCUT2D eigenvalue weighted by atomic mass is 10.1. The van der Waals surface area contributed by atoms with Gasteiger partial charge in [0.05, 0.1) is 12.5 Å². The Kier molecular flexibility index (Phi) is 5.44. The number of halogens is 1. The van der Waals surface area contributed by atoms with Gasteiger partial charge in [-0.05, 0) is 31.0 Å². The van der Waals surface area contributed by atoms with Crippen LogP contribution in [0.3, 0.4) is 0 Å². The first kappa shape index (κ1) is 15.1. The van der Waals surface area contributed by atoms with E-state index in [-0.39, 0.29) is 11.9 Å².